The third-order valence-electron chi connectivity index (χ3n) is 9.17. The molecule has 0 spiro atoms. The highest BCUT2D eigenvalue weighted by molar-refractivity contribution is 9.09. The summed E-state index contributed by atoms with van der Waals surface area (Å²) in [5.41, 5.74) is 2.91. The minimum atomic E-state index is -4.74. The molecule has 0 fully saturated rings. The summed E-state index contributed by atoms with van der Waals surface area (Å²) in [6, 6.07) is 15.2. The van der Waals surface area contributed by atoms with Crippen molar-refractivity contribution in [2.75, 3.05) is 89.1 Å². The van der Waals surface area contributed by atoms with E-state index in [-0.39, 0.29) is 34.8 Å². The van der Waals surface area contributed by atoms with Gasteiger partial charge in [0, 0.05) is 79.3 Å². The topological polar surface area (TPSA) is 177 Å². The maximum atomic E-state index is 14.1. The first kappa shape index (κ1) is 45.3. The SMILES string of the molecule is CCN(CC)c1ccc2c(-c3ccc(S(=O)(=O)O)cc3S(=O)(=O)NCCCOCCOCCOCCCNC(=O)CBr)c3ccc(=[N+](CC)CC)cc-3oc2c1. The number of carbonyl (C=O) groups excluding carboxylic acids is 1. The van der Waals surface area contributed by atoms with Gasteiger partial charge in [0.15, 0.2) is 0 Å². The number of hydrogen-bond donors (Lipinski definition) is 3. The molecule has 1 aliphatic carbocycles. The van der Waals surface area contributed by atoms with Crippen molar-refractivity contribution in [2.24, 2.45) is 0 Å². The number of fused-ring (bicyclic) bond motifs is 2. The van der Waals surface area contributed by atoms with E-state index in [0.29, 0.717) is 80.3 Å². The zero-order chi connectivity index (χ0) is 40.7. The van der Waals surface area contributed by atoms with Crippen molar-refractivity contribution in [3.05, 3.63) is 60.0 Å². The Morgan fingerprint density at radius 1 is 0.804 bits per heavy atom. The molecule has 1 aliphatic heterocycles. The fraction of sp³-hybridized carbons (Fsp3) is 0.487. The van der Waals surface area contributed by atoms with Crippen molar-refractivity contribution in [1.82, 2.24) is 14.6 Å². The van der Waals surface area contributed by atoms with E-state index in [4.69, 9.17) is 18.6 Å². The summed E-state index contributed by atoms with van der Waals surface area (Å²) in [4.78, 5) is 12.5. The third kappa shape index (κ3) is 12.3. The van der Waals surface area contributed by atoms with Gasteiger partial charge in [-0.2, -0.15) is 8.42 Å². The van der Waals surface area contributed by atoms with Crippen molar-refractivity contribution in [3.63, 3.8) is 0 Å². The smallest absolute Gasteiger partial charge is 0.294 e. The van der Waals surface area contributed by atoms with Crippen LogP contribution in [0.1, 0.15) is 40.5 Å². The molecule has 2 aromatic carbocycles. The molecule has 56 heavy (non-hydrogen) atoms. The number of anilines is 1. The van der Waals surface area contributed by atoms with Crippen LogP contribution in [-0.2, 0) is 39.1 Å². The highest BCUT2D eigenvalue weighted by Gasteiger charge is 2.27. The number of nitrogens with one attached hydrogen (secondary N) is 2. The van der Waals surface area contributed by atoms with Gasteiger partial charge in [0.2, 0.25) is 21.3 Å². The lowest BCUT2D eigenvalue weighted by Gasteiger charge is -2.23. The van der Waals surface area contributed by atoms with Crippen LogP contribution in [0.3, 0.4) is 0 Å². The summed E-state index contributed by atoms with van der Waals surface area (Å²) < 4.78 is 90.6. The fourth-order valence-corrected chi connectivity index (χ4v) is 8.36. The molecule has 3 N–H and O–H groups in total. The molecule has 1 heterocycles. The number of halogens is 1. The average Bonchev–Trinajstić information content (AvgIpc) is 3.18. The number of amides is 1. The van der Waals surface area contributed by atoms with E-state index >= 15 is 0 Å². The predicted octanol–water partition coefficient (Wildman–Crippen LogP) is 4.73. The van der Waals surface area contributed by atoms with Gasteiger partial charge in [0.25, 0.3) is 10.1 Å². The quantitative estimate of drug-likeness (QED) is 0.0292. The van der Waals surface area contributed by atoms with Gasteiger partial charge in [0.1, 0.15) is 24.4 Å². The Hall–Kier alpha value is -3.42. The van der Waals surface area contributed by atoms with Gasteiger partial charge in [-0.05, 0) is 70.9 Å². The maximum absolute atomic E-state index is 14.1. The van der Waals surface area contributed by atoms with E-state index < -0.39 is 25.0 Å². The molecule has 14 nitrogen and oxygen atoms in total. The number of benzene rings is 3. The first-order valence-electron chi connectivity index (χ1n) is 18.9. The molecule has 0 aromatic heterocycles. The minimum absolute atomic E-state index is 0.00868. The summed E-state index contributed by atoms with van der Waals surface area (Å²) >= 11 is 3.09. The molecule has 4 rings (SSSR count). The van der Waals surface area contributed by atoms with Crippen LogP contribution in [0.15, 0.2) is 68.8 Å². The van der Waals surface area contributed by atoms with E-state index in [1.165, 1.54) is 12.1 Å². The number of rotatable bonds is 24. The summed E-state index contributed by atoms with van der Waals surface area (Å²) in [6.45, 7) is 14.1. The van der Waals surface area contributed by atoms with Gasteiger partial charge < -0.3 is 28.8 Å². The molecule has 0 atom stereocenters. The zero-order valence-corrected chi connectivity index (χ0v) is 35.7. The summed E-state index contributed by atoms with van der Waals surface area (Å²) in [7, 11) is -9.07. The molecule has 17 heteroatoms. The molecule has 0 saturated heterocycles. The molecule has 0 unspecified atom stereocenters. The van der Waals surface area contributed by atoms with Crippen LogP contribution in [0, 0.1) is 0 Å². The van der Waals surface area contributed by atoms with Gasteiger partial charge in [0.05, 0.1) is 47.6 Å². The minimum Gasteiger partial charge on any atom is -0.456 e. The Balaban J connectivity index is 1.54. The normalized spacial score (nSPS) is 12.0. The van der Waals surface area contributed by atoms with E-state index in [1.54, 1.807) is 0 Å². The molecule has 308 valence electrons. The predicted molar refractivity (Wildman–Crippen MR) is 222 cm³/mol. The second kappa shape index (κ2) is 21.9. The van der Waals surface area contributed by atoms with Gasteiger partial charge in [-0.1, -0.05) is 22.0 Å². The van der Waals surface area contributed by atoms with Crippen molar-refractivity contribution in [2.45, 2.75) is 50.3 Å². The standard InChI is InChI=1S/C39H53BrN4O10S2/c1-5-43(6-2)29-11-14-32-35(25-29)54-36-26-30(44(7-3)8-4)12-15-33(36)39(32)34-16-13-31(56(48,49)50)27-37(34)55(46,47)42-18-10-20-52-22-24-53-23-21-51-19-9-17-41-38(45)28-40/h11-16,25-27,42H,5-10,17-24,28H2,1-4H3,(H-,41,45,48,49,50)/p+1. The number of sulfonamides is 1. The number of alkyl halides is 1. The molecule has 0 saturated carbocycles. The zero-order valence-electron chi connectivity index (χ0n) is 32.5. The van der Waals surface area contributed by atoms with Crippen LogP contribution in [0.4, 0.5) is 5.69 Å². The van der Waals surface area contributed by atoms with Gasteiger partial charge in [-0.3, -0.25) is 9.35 Å². The Bertz CT molecular complexity index is 2170. The molecular weight excluding hydrogens is 828 g/mol. The Morgan fingerprint density at radius 3 is 2.04 bits per heavy atom. The largest absolute Gasteiger partial charge is 0.456 e. The van der Waals surface area contributed by atoms with Crippen molar-refractivity contribution in [3.8, 4) is 22.5 Å². The molecular formula is C39H54BrN4O10S2+. The maximum Gasteiger partial charge on any atom is 0.294 e. The lowest BCUT2D eigenvalue weighted by Crippen LogP contribution is -2.29. The van der Waals surface area contributed by atoms with Crippen LogP contribution in [0.5, 0.6) is 0 Å². The van der Waals surface area contributed by atoms with Crippen LogP contribution < -0.4 is 24.9 Å². The van der Waals surface area contributed by atoms with Gasteiger partial charge in [-0.15, -0.1) is 0 Å². The molecule has 0 radical (unpaired) electrons. The highest BCUT2D eigenvalue weighted by Crippen LogP contribution is 2.43. The summed E-state index contributed by atoms with van der Waals surface area (Å²) in [5, 5.41) is 4.59. The summed E-state index contributed by atoms with van der Waals surface area (Å²) in [5.74, 6) is 0.465. The molecule has 1 amide bonds. The molecule has 2 aromatic rings. The third-order valence-corrected chi connectivity index (χ3v) is 12.0. The number of hydrogen-bond acceptors (Lipinski definition) is 10. The van der Waals surface area contributed by atoms with E-state index in [0.717, 1.165) is 43.3 Å². The van der Waals surface area contributed by atoms with E-state index in [9.17, 15) is 26.2 Å². The number of ether oxygens (including phenoxy) is 3. The van der Waals surface area contributed by atoms with Crippen molar-refractivity contribution in [1.29, 1.82) is 0 Å². The van der Waals surface area contributed by atoms with E-state index in [2.05, 4.69) is 63.1 Å². The van der Waals surface area contributed by atoms with Crippen LogP contribution >= 0.6 is 15.9 Å². The van der Waals surface area contributed by atoms with Crippen LogP contribution in [-0.4, -0.2) is 112 Å². The van der Waals surface area contributed by atoms with Gasteiger partial charge >= 0.3 is 0 Å². The van der Waals surface area contributed by atoms with Crippen molar-refractivity contribution < 1.29 is 44.8 Å². The molecule has 2 aliphatic rings. The summed E-state index contributed by atoms with van der Waals surface area (Å²) in [6.07, 6.45) is 1.03. The Morgan fingerprint density at radius 2 is 1.43 bits per heavy atom. The highest BCUT2D eigenvalue weighted by atomic mass is 79.9. The lowest BCUT2D eigenvalue weighted by molar-refractivity contribution is -0.118. The molecule has 0 bridgehead atoms. The average molecular weight is 883 g/mol. The Kier molecular flexibility index (Phi) is 17.7. The second-order valence-corrected chi connectivity index (χ2v) is 16.5. The Labute approximate surface area is 338 Å². The lowest BCUT2D eigenvalue weighted by atomic mass is 9.93. The monoisotopic (exact) mass is 881 g/mol. The van der Waals surface area contributed by atoms with Crippen molar-refractivity contribution >= 4 is 58.6 Å². The van der Waals surface area contributed by atoms with Gasteiger partial charge in [-0.25, -0.2) is 17.7 Å². The fourth-order valence-electron chi connectivity index (χ4n) is 6.27. The van der Waals surface area contributed by atoms with E-state index in [1.807, 2.05) is 36.4 Å². The van der Waals surface area contributed by atoms with Crippen LogP contribution in [0.2, 0.25) is 0 Å². The second-order valence-electron chi connectivity index (χ2n) is 12.7. The number of nitrogens with zero attached hydrogens (tertiary/aromatic N) is 2. The van der Waals surface area contributed by atoms with Crippen LogP contribution in [0.25, 0.3) is 33.4 Å². The number of carbonyl (C=O) groups is 1. The first-order chi connectivity index (χ1) is 26.9. The first-order valence-corrected chi connectivity index (χ1v) is 22.9.